The molecular weight excluding hydrogens is 272 g/mol. The molecule has 118 valence electrons. The Morgan fingerprint density at radius 3 is 2.00 bits per heavy atom. The van der Waals surface area contributed by atoms with Crippen LogP contribution in [-0.2, 0) is 18.1 Å². The highest BCUT2D eigenvalue weighted by molar-refractivity contribution is 6.61. The molecule has 0 saturated heterocycles. The number of carbonyl (C=O) groups excluding carboxylic acids is 1. The molecule has 0 aromatic carbocycles. The van der Waals surface area contributed by atoms with Crippen molar-refractivity contribution in [3.05, 3.63) is 12.7 Å². The number of ketones is 1. The third-order valence-electron chi connectivity index (χ3n) is 2.82. The van der Waals surface area contributed by atoms with Crippen LogP contribution in [0.25, 0.3) is 0 Å². The smallest absolute Gasteiger partial charge is 0.373 e. The van der Waals surface area contributed by atoms with Crippen LogP contribution in [-0.4, -0.2) is 33.9 Å². The third-order valence-corrected chi connectivity index (χ3v) is 5.86. The zero-order valence-electron chi connectivity index (χ0n) is 13.4. The van der Waals surface area contributed by atoms with Crippen LogP contribution < -0.4 is 0 Å². The lowest BCUT2D eigenvalue weighted by molar-refractivity contribution is -0.123. The maximum absolute atomic E-state index is 11.8. The quantitative estimate of drug-likeness (QED) is 0.384. The highest BCUT2D eigenvalue weighted by atomic mass is 28.4. The first kappa shape index (κ1) is 19.5. The molecule has 0 N–H and O–H groups in total. The Kier molecular flexibility index (Phi) is 10.9. The van der Waals surface area contributed by atoms with Gasteiger partial charge in [-0.25, -0.2) is 0 Å². The van der Waals surface area contributed by atoms with Gasteiger partial charge in [0.2, 0.25) is 0 Å². The first-order valence-corrected chi connectivity index (χ1v) is 9.64. The van der Waals surface area contributed by atoms with Crippen LogP contribution in [0.15, 0.2) is 12.7 Å². The fourth-order valence-corrected chi connectivity index (χ4v) is 4.81. The van der Waals surface area contributed by atoms with Crippen molar-refractivity contribution in [2.24, 2.45) is 0 Å². The SMILES string of the molecule is C=CC(=O)C(CC)O[Si](CCC)(OCCC)OCCC. The monoisotopic (exact) mass is 302 g/mol. The molecule has 0 aromatic rings. The van der Waals surface area contributed by atoms with E-state index in [1.165, 1.54) is 6.08 Å². The Labute approximate surface area is 124 Å². The second kappa shape index (κ2) is 11.2. The Morgan fingerprint density at radius 1 is 1.10 bits per heavy atom. The van der Waals surface area contributed by atoms with Gasteiger partial charge in [0.15, 0.2) is 5.78 Å². The molecule has 1 atom stereocenters. The average molecular weight is 302 g/mol. The molecule has 0 heterocycles. The minimum atomic E-state index is -2.77. The summed E-state index contributed by atoms with van der Waals surface area (Å²) in [5, 5.41) is 0. The minimum Gasteiger partial charge on any atom is -0.373 e. The van der Waals surface area contributed by atoms with Gasteiger partial charge in [0.1, 0.15) is 6.10 Å². The van der Waals surface area contributed by atoms with Gasteiger partial charge in [-0.3, -0.25) is 4.79 Å². The largest absolute Gasteiger partial charge is 0.501 e. The topological polar surface area (TPSA) is 44.8 Å². The van der Waals surface area contributed by atoms with Gasteiger partial charge in [-0.15, -0.1) is 0 Å². The predicted octanol–water partition coefficient (Wildman–Crippen LogP) is 3.74. The molecule has 5 heteroatoms. The van der Waals surface area contributed by atoms with Crippen molar-refractivity contribution in [2.45, 2.75) is 65.5 Å². The second-order valence-electron chi connectivity index (χ2n) is 4.75. The molecule has 4 nitrogen and oxygen atoms in total. The van der Waals surface area contributed by atoms with Crippen molar-refractivity contribution in [1.82, 2.24) is 0 Å². The van der Waals surface area contributed by atoms with Crippen LogP contribution in [0, 0.1) is 0 Å². The Balaban J connectivity index is 5.00. The van der Waals surface area contributed by atoms with Gasteiger partial charge in [0.25, 0.3) is 0 Å². The number of rotatable bonds is 13. The molecule has 0 aliphatic heterocycles. The summed E-state index contributed by atoms with van der Waals surface area (Å²) >= 11 is 0. The lowest BCUT2D eigenvalue weighted by Gasteiger charge is -2.32. The van der Waals surface area contributed by atoms with Crippen molar-refractivity contribution in [1.29, 1.82) is 0 Å². The fourth-order valence-electron chi connectivity index (χ4n) is 1.83. The minimum absolute atomic E-state index is 0.0966. The van der Waals surface area contributed by atoms with Crippen molar-refractivity contribution < 1.29 is 18.1 Å². The molecule has 0 rings (SSSR count). The van der Waals surface area contributed by atoms with Crippen LogP contribution >= 0.6 is 0 Å². The molecule has 0 aliphatic rings. The van der Waals surface area contributed by atoms with E-state index in [4.69, 9.17) is 13.3 Å². The second-order valence-corrected chi connectivity index (χ2v) is 7.43. The first-order chi connectivity index (χ1) is 9.59. The summed E-state index contributed by atoms with van der Waals surface area (Å²) in [6.07, 6.45) is 4.15. The molecule has 0 spiro atoms. The van der Waals surface area contributed by atoms with Crippen LogP contribution in [0.2, 0.25) is 6.04 Å². The van der Waals surface area contributed by atoms with E-state index in [9.17, 15) is 4.79 Å². The van der Waals surface area contributed by atoms with Crippen LogP contribution in [0.5, 0.6) is 0 Å². The van der Waals surface area contributed by atoms with E-state index in [1.807, 2.05) is 6.92 Å². The van der Waals surface area contributed by atoms with Crippen molar-refractivity contribution in [3.8, 4) is 0 Å². The van der Waals surface area contributed by atoms with Crippen LogP contribution in [0.4, 0.5) is 0 Å². The van der Waals surface area contributed by atoms with E-state index in [2.05, 4.69) is 27.4 Å². The summed E-state index contributed by atoms with van der Waals surface area (Å²) in [4.78, 5) is 11.8. The molecule has 1 unspecified atom stereocenters. The van der Waals surface area contributed by atoms with Crippen LogP contribution in [0.3, 0.4) is 0 Å². The highest BCUT2D eigenvalue weighted by Crippen LogP contribution is 2.22. The summed E-state index contributed by atoms with van der Waals surface area (Å²) in [7, 11) is -2.77. The van der Waals surface area contributed by atoms with E-state index in [0.717, 1.165) is 25.3 Å². The summed E-state index contributed by atoms with van der Waals surface area (Å²) in [5.41, 5.74) is 0. The molecule has 0 aliphatic carbocycles. The van der Waals surface area contributed by atoms with E-state index in [-0.39, 0.29) is 5.78 Å². The van der Waals surface area contributed by atoms with Gasteiger partial charge >= 0.3 is 8.80 Å². The van der Waals surface area contributed by atoms with E-state index in [0.29, 0.717) is 19.6 Å². The van der Waals surface area contributed by atoms with E-state index < -0.39 is 14.9 Å². The third kappa shape index (κ3) is 6.79. The molecule has 0 aromatic heterocycles. The van der Waals surface area contributed by atoms with Gasteiger partial charge in [-0.2, -0.15) is 0 Å². The standard InChI is InChI=1S/C15H30O4Si/c1-6-11-17-20(13-8-3,18-12-7-2)19-15(10-5)14(16)9-4/h9,15H,4,6-8,10-13H2,1-3,5H3. The lowest BCUT2D eigenvalue weighted by Crippen LogP contribution is -2.50. The van der Waals surface area contributed by atoms with Gasteiger partial charge < -0.3 is 13.3 Å². The number of carbonyl (C=O) groups is 1. The summed E-state index contributed by atoms with van der Waals surface area (Å²) < 4.78 is 18.0. The molecule has 0 amide bonds. The van der Waals surface area contributed by atoms with E-state index >= 15 is 0 Å². The number of hydrogen-bond acceptors (Lipinski definition) is 4. The molecule has 20 heavy (non-hydrogen) atoms. The molecule has 0 bridgehead atoms. The van der Waals surface area contributed by atoms with Gasteiger partial charge in [0, 0.05) is 19.3 Å². The maximum atomic E-state index is 11.8. The summed E-state index contributed by atoms with van der Waals surface area (Å²) in [6, 6.07) is 0.744. The lowest BCUT2D eigenvalue weighted by atomic mass is 10.2. The molecule has 0 fully saturated rings. The first-order valence-electron chi connectivity index (χ1n) is 7.71. The zero-order valence-corrected chi connectivity index (χ0v) is 14.4. The average Bonchev–Trinajstić information content (AvgIpc) is 2.47. The highest BCUT2D eigenvalue weighted by Gasteiger charge is 2.43. The van der Waals surface area contributed by atoms with Crippen molar-refractivity contribution in [2.75, 3.05) is 13.2 Å². The zero-order chi connectivity index (χ0) is 15.4. The Morgan fingerprint density at radius 2 is 1.65 bits per heavy atom. The summed E-state index contributed by atoms with van der Waals surface area (Å²) in [6.45, 7) is 12.9. The normalized spacial score (nSPS) is 13.2. The van der Waals surface area contributed by atoms with Gasteiger partial charge in [-0.1, -0.05) is 40.7 Å². The number of hydrogen-bond donors (Lipinski definition) is 0. The Hall–Kier alpha value is -0.493. The van der Waals surface area contributed by atoms with Crippen molar-refractivity contribution in [3.63, 3.8) is 0 Å². The predicted molar refractivity (Wildman–Crippen MR) is 83.7 cm³/mol. The molecule has 0 saturated carbocycles. The van der Waals surface area contributed by atoms with Gasteiger partial charge in [0.05, 0.1) is 0 Å². The van der Waals surface area contributed by atoms with Crippen LogP contribution in [0.1, 0.15) is 53.4 Å². The maximum Gasteiger partial charge on any atom is 0.501 e. The molecule has 0 radical (unpaired) electrons. The fraction of sp³-hybridized carbons (Fsp3) is 0.800. The van der Waals surface area contributed by atoms with Gasteiger partial charge in [-0.05, 0) is 25.3 Å². The Bertz CT molecular complexity index is 273. The van der Waals surface area contributed by atoms with E-state index in [1.54, 1.807) is 0 Å². The van der Waals surface area contributed by atoms with Crippen molar-refractivity contribution >= 4 is 14.6 Å². The summed E-state index contributed by atoms with van der Waals surface area (Å²) in [5.74, 6) is -0.0966. The molecular formula is C15H30O4Si.